The average molecular weight is 283 g/mol. The van der Waals surface area contributed by atoms with E-state index in [-0.39, 0.29) is 0 Å². The molecule has 112 valence electrons. The molecule has 1 saturated carbocycles. The van der Waals surface area contributed by atoms with Gasteiger partial charge in [0.25, 0.3) is 0 Å². The Labute approximate surface area is 127 Å². The van der Waals surface area contributed by atoms with Gasteiger partial charge >= 0.3 is 0 Å². The molecule has 1 fully saturated rings. The van der Waals surface area contributed by atoms with Crippen molar-refractivity contribution in [1.82, 2.24) is 9.88 Å². The Morgan fingerprint density at radius 3 is 2.71 bits per heavy atom. The molecule has 1 atom stereocenters. The van der Waals surface area contributed by atoms with Gasteiger partial charge in [0.2, 0.25) is 0 Å². The van der Waals surface area contributed by atoms with Crippen molar-refractivity contribution in [3.05, 3.63) is 41.6 Å². The predicted molar refractivity (Wildman–Crippen MR) is 88.3 cm³/mol. The lowest BCUT2D eigenvalue weighted by Crippen LogP contribution is -2.37. The smallest absolute Gasteiger partial charge is 0.0705 e. The lowest BCUT2D eigenvalue weighted by Gasteiger charge is -2.32. The zero-order valence-electron chi connectivity index (χ0n) is 13.0. The number of aromatic nitrogens is 1. The van der Waals surface area contributed by atoms with E-state index in [2.05, 4.69) is 47.3 Å². The highest BCUT2D eigenvalue weighted by Gasteiger charge is 2.25. The van der Waals surface area contributed by atoms with Crippen LogP contribution in [0.3, 0.4) is 0 Å². The van der Waals surface area contributed by atoms with Crippen LogP contribution in [0.4, 0.5) is 0 Å². The summed E-state index contributed by atoms with van der Waals surface area (Å²) in [5, 5.41) is 1.20. The first-order valence-corrected chi connectivity index (χ1v) is 7.98. The predicted octanol–water partition coefficient (Wildman–Crippen LogP) is 3.42. The zero-order valence-corrected chi connectivity index (χ0v) is 13.0. The van der Waals surface area contributed by atoms with E-state index in [0.717, 1.165) is 11.2 Å². The molecule has 0 spiro atoms. The van der Waals surface area contributed by atoms with Gasteiger partial charge in [0.15, 0.2) is 0 Å². The van der Waals surface area contributed by atoms with Gasteiger partial charge in [-0.2, -0.15) is 0 Å². The first-order valence-electron chi connectivity index (χ1n) is 7.98. The minimum Gasteiger partial charge on any atom is -0.329 e. The second kappa shape index (κ2) is 6.12. The zero-order chi connectivity index (χ0) is 14.8. The van der Waals surface area contributed by atoms with E-state index in [1.54, 1.807) is 0 Å². The number of benzene rings is 1. The Balaban J connectivity index is 1.90. The van der Waals surface area contributed by atoms with Gasteiger partial charge in [-0.25, -0.2) is 0 Å². The number of pyridine rings is 1. The number of aryl methyl sites for hydroxylation is 1. The van der Waals surface area contributed by atoms with Gasteiger partial charge in [-0.3, -0.25) is 9.88 Å². The van der Waals surface area contributed by atoms with E-state index in [1.165, 1.54) is 36.6 Å². The van der Waals surface area contributed by atoms with Gasteiger partial charge in [-0.15, -0.1) is 0 Å². The fourth-order valence-corrected chi connectivity index (χ4v) is 3.56. The molecule has 0 saturated heterocycles. The molecular formula is C18H25N3. The number of likely N-dealkylation sites (N-methyl/N-ethyl adjacent to an activating group) is 1. The summed E-state index contributed by atoms with van der Waals surface area (Å²) in [4.78, 5) is 7.06. The maximum Gasteiger partial charge on any atom is 0.0705 e. The van der Waals surface area contributed by atoms with Crippen molar-refractivity contribution < 1.29 is 0 Å². The van der Waals surface area contributed by atoms with Crippen LogP contribution in [0.25, 0.3) is 10.9 Å². The van der Waals surface area contributed by atoms with Crippen molar-refractivity contribution in [2.24, 2.45) is 5.73 Å². The van der Waals surface area contributed by atoms with Crippen LogP contribution in [-0.4, -0.2) is 29.5 Å². The molecule has 0 radical (unpaired) electrons. The second-order valence-corrected chi connectivity index (χ2v) is 6.26. The number of hydrogen-bond acceptors (Lipinski definition) is 3. The van der Waals surface area contributed by atoms with Crippen LogP contribution >= 0.6 is 0 Å². The Bertz CT molecular complexity index is 617. The Morgan fingerprint density at radius 2 is 2.00 bits per heavy atom. The molecule has 2 aromatic rings. The van der Waals surface area contributed by atoms with Crippen molar-refractivity contribution >= 4 is 10.9 Å². The summed E-state index contributed by atoms with van der Waals surface area (Å²) in [6, 6.07) is 11.8. The molecule has 1 aromatic heterocycles. The molecule has 1 aliphatic rings. The third-order valence-corrected chi connectivity index (χ3v) is 4.85. The lowest BCUT2D eigenvalue weighted by atomic mass is 10.0. The lowest BCUT2D eigenvalue weighted by molar-refractivity contribution is 0.179. The number of nitrogens with zero attached hydrogens (tertiary/aromatic N) is 2. The van der Waals surface area contributed by atoms with E-state index in [1.807, 2.05) is 6.92 Å². The SMILES string of the molecule is Cc1ccc2cc(C(CN)N(C)C3CCCC3)ccc2n1. The number of fused-ring (bicyclic) bond motifs is 1. The van der Waals surface area contributed by atoms with E-state index < -0.39 is 0 Å². The molecule has 3 nitrogen and oxygen atoms in total. The van der Waals surface area contributed by atoms with Crippen LogP contribution in [-0.2, 0) is 0 Å². The van der Waals surface area contributed by atoms with Gasteiger partial charge in [0, 0.05) is 29.7 Å². The van der Waals surface area contributed by atoms with Gasteiger partial charge in [-0.05, 0) is 50.6 Å². The molecule has 1 unspecified atom stereocenters. The first-order chi connectivity index (χ1) is 10.2. The van der Waals surface area contributed by atoms with Crippen LogP contribution in [0.15, 0.2) is 30.3 Å². The summed E-state index contributed by atoms with van der Waals surface area (Å²) in [6.45, 7) is 2.70. The van der Waals surface area contributed by atoms with E-state index >= 15 is 0 Å². The summed E-state index contributed by atoms with van der Waals surface area (Å²) in [5.41, 5.74) is 9.53. The fourth-order valence-electron chi connectivity index (χ4n) is 3.56. The van der Waals surface area contributed by atoms with Crippen molar-refractivity contribution in [3.8, 4) is 0 Å². The van der Waals surface area contributed by atoms with Crippen LogP contribution in [0.1, 0.15) is 43.0 Å². The Hall–Kier alpha value is -1.45. The summed E-state index contributed by atoms with van der Waals surface area (Å²) in [7, 11) is 2.23. The van der Waals surface area contributed by atoms with Gasteiger partial charge in [0.05, 0.1) is 5.52 Å². The molecule has 0 amide bonds. The molecule has 0 aliphatic heterocycles. The van der Waals surface area contributed by atoms with Crippen molar-refractivity contribution in [2.45, 2.75) is 44.7 Å². The maximum absolute atomic E-state index is 6.08. The number of rotatable bonds is 4. The standard InChI is InChI=1S/C18H25N3/c1-13-7-8-14-11-15(9-10-17(14)20-13)18(12-19)21(2)16-5-3-4-6-16/h7-11,16,18H,3-6,12,19H2,1-2H3. The molecule has 0 bridgehead atoms. The molecular weight excluding hydrogens is 258 g/mol. The molecule has 1 heterocycles. The number of hydrogen-bond donors (Lipinski definition) is 1. The van der Waals surface area contributed by atoms with Crippen LogP contribution < -0.4 is 5.73 Å². The normalized spacial score (nSPS) is 17.7. The molecule has 3 rings (SSSR count). The van der Waals surface area contributed by atoms with E-state index in [4.69, 9.17) is 5.73 Å². The van der Waals surface area contributed by atoms with Crippen LogP contribution in [0.5, 0.6) is 0 Å². The minimum absolute atomic E-state index is 0.304. The highest BCUT2D eigenvalue weighted by Crippen LogP contribution is 2.30. The molecule has 2 N–H and O–H groups in total. The monoisotopic (exact) mass is 283 g/mol. The maximum atomic E-state index is 6.08. The van der Waals surface area contributed by atoms with Crippen LogP contribution in [0.2, 0.25) is 0 Å². The summed E-state index contributed by atoms with van der Waals surface area (Å²) in [6.07, 6.45) is 5.32. The van der Waals surface area contributed by atoms with Gasteiger partial charge in [-0.1, -0.05) is 25.0 Å². The molecule has 3 heteroatoms. The van der Waals surface area contributed by atoms with Crippen molar-refractivity contribution in [3.63, 3.8) is 0 Å². The first kappa shape index (κ1) is 14.5. The second-order valence-electron chi connectivity index (χ2n) is 6.26. The van der Waals surface area contributed by atoms with Gasteiger partial charge in [0.1, 0.15) is 0 Å². The Morgan fingerprint density at radius 1 is 1.24 bits per heavy atom. The Kier molecular flexibility index (Phi) is 4.22. The largest absolute Gasteiger partial charge is 0.329 e. The highest BCUT2D eigenvalue weighted by molar-refractivity contribution is 5.79. The van der Waals surface area contributed by atoms with E-state index in [0.29, 0.717) is 18.6 Å². The third kappa shape index (κ3) is 2.94. The summed E-state index contributed by atoms with van der Waals surface area (Å²) >= 11 is 0. The summed E-state index contributed by atoms with van der Waals surface area (Å²) < 4.78 is 0. The third-order valence-electron chi connectivity index (χ3n) is 4.85. The highest BCUT2D eigenvalue weighted by atomic mass is 15.2. The molecule has 21 heavy (non-hydrogen) atoms. The van der Waals surface area contributed by atoms with E-state index in [9.17, 15) is 0 Å². The number of nitrogens with two attached hydrogens (primary N) is 1. The molecule has 1 aliphatic carbocycles. The topological polar surface area (TPSA) is 42.1 Å². The fraction of sp³-hybridized carbons (Fsp3) is 0.500. The van der Waals surface area contributed by atoms with Gasteiger partial charge < -0.3 is 5.73 Å². The average Bonchev–Trinajstić information content (AvgIpc) is 3.02. The quantitative estimate of drug-likeness (QED) is 0.935. The van der Waals surface area contributed by atoms with Crippen LogP contribution in [0, 0.1) is 6.92 Å². The minimum atomic E-state index is 0.304. The van der Waals surface area contributed by atoms with Crippen molar-refractivity contribution in [2.75, 3.05) is 13.6 Å². The molecule has 1 aromatic carbocycles. The summed E-state index contributed by atoms with van der Waals surface area (Å²) in [5.74, 6) is 0. The van der Waals surface area contributed by atoms with Crippen molar-refractivity contribution in [1.29, 1.82) is 0 Å².